The summed E-state index contributed by atoms with van der Waals surface area (Å²) in [5, 5.41) is 2.39. The van der Waals surface area contributed by atoms with Gasteiger partial charge in [-0.2, -0.15) is 17.5 Å². The lowest BCUT2D eigenvalue weighted by atomic mass is 10.1. The van der Waals surface area contributed by atoms with E-state index in [1.165, 1.54) is 36.2 Å². The Kier molecular flexibility index (Phi) is 7.08. The Morgan fingerprint density at radius 1 is 1.03 bits per heavy atom. The molecule has 1 N–H and O–H groups in total. The molecule has 12 heteroatoms. The lowest BCUT2D eigenvalue weighted by Gasteiger charge is -2.21. The van der Waals surface area contributed by atoms with Gasteiger partial charge in [0.15, 0.2) is 11.5 Å². The van der Waals surface area contributed by atoms with Crippen LogP contribution in [0.1, 0.15) is 12.0 Å². The van der Waals surface area contributed by atoms with Crippen LogP contribution in [0.15, 0.2) is 41.3 Å². The van der Waals surface area contributed by atoms with Crippen molar-refractivity contribution >= 4 is 27.3 Å². The number of hydrogen-bond donors (Lipinski definition) is 1. The van der Waals surface area contributed by atoms with E-state index in [0.29, 0.717) is 31.1 Å². The minimum absolute atomic E-state index is 0.0822. The normalized spacial score (nSPS) is 14.0. The fourth-order valence-corrected chi connectivity index (χ4v) is 4.31. The molecule has 8 nitrogen and oxygen atoms in total. The number of benzene rings is 2. The minimum atomic E-state index is -4.60. The number of hydrogen-bond acceptors (Lipinski definition) is 6. The van der Waals surface area contributed by atoms with Crippen molar-refractivity contribution in [3.05, 3.63) is 42.0 Å². The quantitative estimate of drug-likeness (QED) is 0.674. The first-order valence-electron chi connectivity index (χ1n) is 9.94. The second kappa shape index (κ2) is 9.48. The van der Waals surface area contributed by atoms with E-state index in [4.69, 9.17) is 9.47 Å². The molecule has 3 rings (SSSR count). The number of halogens is 3. The molecular weight excluding hydrogens is 463 g/mol. The number of alkyl halides is 3. The molecule has 33 heavy (non-hydrogen) atoms. The summed E-state index contributed by atoms with van der Waals surface area (Å²) in [4.78, 5) is 14.0. The fourth-order valence-electron chi connectivity index (χ4n) is 3.16. The second-order valence-electron chi connectivity index (χ2n) is 7.59. The highest BCUT2D eigenvalue weighted by molar-refractivity contribution is 7.89. The van der Waals surface area contributed by atoms with E-state index in [9.17, 15) is 26.4 Å². The second-order valence-corrected chi connectivity index (χ2v) is 9.64. The predicted molar refractivity (Wildman–Crippen MR) is 116 cm³/mol. The van der Waals surface area contributed by atoms with Gasteiger partial charge in [0.2, 0.25) is 15.9 Å². The van der Waals surface area contributed by atoms with Crippen LogP contribution < -0.4 is 19.7 Å². The van der Waals surface area contributed by atoms with Gasteiger partial charge in [-0.15, -0.1) is 0 Å². The molecule has 0 aromatic heterocycles. The summed E-state index contributed by atoms with van der Waals surface area (Å²) in [5.41, 5.74) is -0.678. The number of anilines is 2. The van der Waals surface area contributed by atoms with E-state index in [1.54, 1.807) is 14.1 Å². The van der Waals surface area contributed by atoms with E-state index < -0.39 is 34.2 Å². The van der Waals surface area contributed by atoms with Crippen LogP contribution in [0.4, 0.5) is 24.5 Å². The SMILES string of the molecule is CN(C)c1ccc(C(F)(F)F)cc1NC(=O)CN(C)S(=O)(=O)c1ccc2c(c1)OCCCO2. The lowest BCUT2D eigenvalue weighted by molar-refractivity contribution is -0.137. The molecule has 0 spiro atoms. The van der Waals surface area contributed by atoms with Crippen molar-refractivity contribution in [3.8, 4) is 11.5 Å². The molecule has 1 heterocycles. The molecule has 1 aliphatic rings. The van der Waals surface area contributed by atoms with E-state index >= 15 is 0 Å². The standard InChI is InChI=1S/C21H24F3N3O5S/c1-26(2)17-7-5-14(21(22,23)24)11-16(17)25-20(28)13-27(3)33(29,30)15-6-8-18-19(12-15)32-10-4-9-31-18/h5-8,11-12H,4,9-10,13H2,1-3H3,(H,25,28). The number of ether oxygens (including phenoxy) is 2. The number of nitrogens with one attached hydrogen (secondary N) is 1. The van der Waals surface area contributed by atoms with Crippen LogP contribution in [-0.2, 0) is 21.0 Å². The smallest absolute Gasteiger partial charge is 0.416 e. The van der Waals surface area contributed by atoms with Crippen LogP contribution in [0, 0.1) is 0 Å². The Bertz CT molecular complexity index is 1140. The van der Waals surface area contributed by atoms with Gasteiger partial charge in [0, 0.05) is 33.6 Å². The maximum Gasteiger partial charge on any atom is 0.416 e. The van der Waals surface area contributed by atoms with Crippen molar-refractivity contribution in [2.24, 2.45) is 0 Å². The third kappa shape index (κ3) is 5.69. The topological polar surface area (TPSA) is 88.2 Å². The summed E-state index contributed by atoms with van der Waals surface area (Å²) >= 11 is 0. The van der Waals surface area contributed by atoms with E-state index in [-0.39, 0.29) is 16.3 Å². The van der Waals surface area contributed by atoms with Crippen LogP contribution in [-0.4, -0.2) is 59.5 Å². The first kappa shape index (κ1) is 24.6. The molecule has 0 radical (unpaired) electrons. The minimum Gasteiger partial charge on any atom is -0.490 e. The Labute approximate surface area is 189 Å². The lowest BCUT2D eigenvalue weighted by Crippen LogP contribution is -2.35. The van der Waals surface area contributed by atoms with Crippen LogP contribution in [0.25, 0.3) is 0 Å². The molecule has 0 bridgehead atoms. The Morgan fingerprint density at radius 3 is 2.33 bits per heavy atom. The van der Waals surface area contributed by atoms with Gasteiger partial charge >= 0.3 is 6.18 Å². The number of likely N-dealkylation sites (N-methyl/N-ethyl adjacent to an activating group) is 1. The van der Waals surface area contributed by atoms with Gasteiger partial charge in [0.1, 0.15) is 0 Å². The van der Waals surface area contributed by atoms with Crippen molar-refractivity contribution in [2.45, 2.75) is 17.5 Å². The van der Waals surface area contributed by atoms with E-state index in [0.717, 1.165) is 16.4 Å². The van der Waals surface area contributed by atoms with Gasteiger partial charge in [-0.1, -0.05) is 0 Å². The summed E-state index contributed by atoms with van der Waals surface area (Å²) < 4.78 is 77.0. The van der Waals surface area contributed by atoms with Crippen molar-refractivity contribution < 1.29 is 35.9 Å². The van der Waals surface area contributed by atoms with Gasteiger partial charge in [0.25, 0.3) is 0 Å². The van der Waals surface area contributed by atoms with Gasteiger partial charge in [0.05, 0.1) is 41.6 Å². The third-order valence-electron chi connectivity index (χ3n) is 4.87. The van der Waals surface area contributed by atoms with Crippen molar-refractivity contribution in [2.75, 3.05) is 51.1 Å². The van der Waals surface area contributed by atoms with Gasteiger partial charge < -0.3 is 19.7 Å². The Morgan fingerprint density at radius 2 is 1.70 bits per heavy atom. The Hall–Kier alpha value is -2.99. The molecule has 0 unspecified atom stereocenters. The predicted octanol–water partition coefficient (Wildman–Crippen LogP) is 3.19. The highest BCUT2D eigenvalue weighted by Gasteiger charge is 2.32. The molecule has 2 aromatic rings. The largest absolute Gasteiger partial charge is 0.490 e. The number of carbonyl (C=O) groups excluding carboxylic acids is 1. The molecule has 0 fully saturated rings. The maximum atomic E-state index is 13.1. The number of carbonyl (C=O) groups is 1. The first-order chi connectivity index (χ1) is 15.4. The van der Waals surface area contributed by atoms with E-state index in [2.05, 4.69) is 5.32 Å². The monoisotopic (exact) mass is 487 g/mol. The van der Waals surface area contributed by atoms with Crippen molar-refractivity contribution in [1.29, 1.82) is 0 Å². The highest BCUT2D eigenvalue weighted by Crippen LogP contribution is 2.35. The van der Waals surface area contributed by atoms with Gasteiger partial charge in [-0.3, -0.25) is 4.79 Å². The molecule has 2 aromatic carbocycles. The molecule has 0 saturated heterocycles. The first-order valence-corrected chi connectivity index (χ1v) is 11.4. The highest BCUT2D eigenvalue weighted by atomic mass is 32.2. The van der Waals surface area contributed by atoms with Gasteiger partial charge in [-0.05, 0) is 30.3 Å². The molecular formula is C21H24F3N3O5S. The average Bonchev–Trinajstić information content (AvgIpc) is 2.97. The summed E-state index contributed by atoms with van der Waals surface area (Å²) in [7, 11) is 0.342. The third-order valence-corrected chi connectivity index (χ3v) is 6.67. The molecule has 180 valence electrons. The summed E-state index contributed by atoms with van der Waals surface area (Å²) in [6, 6.07) is 7.09. The van der Waals surface area contributed by atoms with Crippen LogP contribution in [0.5, 0.6) is 11.5 Å². The van der Waals surface area contributed by atoms with Crippen molar-refractivity contribution in [3.63, 3.8) is 0 Å². The molecule has 1 amide bonds. The zero-order chi connectivity index (χ0) is 24.4. The summed E-state index contributed by atoms with van der Waals surface area (Å²) in [5.74, 6) is -0.0866. The maximum absolute atomic E-state index is 13.1. The number of nitrogens with zero attached hydrogens (tertiary/aromatic N) is 2. The summed E-state index contributed by atoms with van der Waals surface area (Å²) in [6.45, 7) is 0.212. The number of amides is 1. The van der Waals surface area contributed by atoms with Crippen LogP contribution >= 0.6 is 0 Å². The molecule has 0 aliphatic carbocycles. The number of rotatable bonds is 6. The molecule has 1 aliphatic heterocycles. The average molecular weight is 488 g/mol. The zero-order valence-corrected chi connectivity index (χ0v) is 19.1. The fraction of sp³-hybridized carbons (Fsp3) is 0.381. The molecule has 0 saturated carbocycles. The molecule has 0 atom stereocenters. The summed E-state index contributed by atoms with van der Waals surface area (Å²) in [6.07, 6.45) is -3.94. The Balaban J connectivity index is 1.79. The van der Waals surface area contributed by atoms with Gasteiger partial charge in [-0.25, -0.2) is 8.42 Å². The number of fused-ring (bicyclic) bond motifs is 1. The zero-order valence-electron chi connectivity index (χ0n) is 18.3. The van der Waals surface area contributed by atoms with Crippen LogP contribution in [0.3, 0.4) is 0 Å². The number of sulfonamides is 1. The van der Waals surface area contributed by atoms with Crippen molar-refractivity contribution in [1.82, 2.24) is 4.31 Å². The van der Waals surface area contributed by atoms with E-state index in [1.807, 2.05) is 0 Å². The van der Waals surface area contributed by atoms with Crippen LogP contribution in [0.2, 0.25) is 0 Å².